The van der Waals surface area contributed by atoms with Crippen molar-refractivity contribution in [2.45, 2.75) is 6.92 Å². The zero-order valence-corrected chi connectivity index (χ0v) is 20.6. The molecule has 0 spiro atoms. The van der Waals surface area contributed by atoms with Crippen LogP contribution >= 0.6 is 11.6 Å². The largest absolute Gasteiger partial charge is 0.457 e. The highest BCUT2D eigenvalue weighted by atomic mass is 35.5. The molecule has 7 heteroatoms. The molecule has 4 aromatic carbocycles. The molecule has 1 amide bonds. The molecule has 6 rings (SSSR count). The number of hydrogen-bond donors (Lipinski definition) is 1. The fourth-order valence-electron chi connectivity index (χ4n) is 4.17. The molecule has 0 saturated heterocycles. The summed E-state index contributed by atoms with van der Waals surface area (Å²) in [6, 6.07) is 29.0. The van der Waals surface area contributed by atoms with Gasteiger partial charge in [0.25, 0.3) is 0 Å². The third-order valence-corrected chi connectivity index (χ3v) is 6.52. The molecule has 0 aliphatic rings. The summed E-state index contributed by atoms with van der Waals surface area (Å²) < 4.78 is 5.85. The summed E-state index contributed by atoms with van der Waals surface area (Å²) in [5, 5.41) is 15.0. The highest BCUT2D eigenvalue weighted by molar-refractivity contribution is 6.31. The molecule has 0 unspecified atom stereocenters. The number of aryl methyl sites for hydroxylation is 1. The molecule has 0 fully saturated rings. The van der Waals surface area contributed by atoms with Gasteiger partial charge in [-0.25, -0.2) is 0 Å². The Morgan fingerprint density at radius 2 is 1.76 bits per heavy atom. The lowest BCUT2D eigenvalue weighted by atomic mass is 10.1. The molecule has 6 nitrogen and oxygen atoms in total. The van der Waals surface area contributed by atoms with E-state index in [2.05, 4.69) is 33.7 Å². The molecule has 2 aromatic heterocycles. The van der Waals surface area contributed by atoms with E-state index >= 15 is 0 Å². The summed E-state index contributed by atoms with van der Waals surface area (Å²) in [5.41, 5.74) is 4.82. The minimum atomic E-state index is -0.280. The number of furan rings is 1. The van der Waals surface area contributed by atoms with Gasteiger partial charge in [0.1, 0.15) is 22.6 Å². The molecule has 180 valence electrons. The van der Waals surface area contributed by atoms with Crippen molar-refractivity contribution in [2.75, 3.05) is 5.32 Å². The van der Waals surface area contributed by atoms with Crippen molar-refractivity contribution < 1.29 is 9.21 Å². The number of anilines is 1. The average Bonchev–Trinajstić information content (AvgIpc) is 3.56. The number of hydrogen-bond acceptors (Lipinski definition) is 4. The lowest BCUT2D eigenvalue weighted by Gasteiger charge is -2.04. The molecular weight excluding hydrogens is 484 g/mol. The topological polar surface area (TPSA) is 73.0 Å². The summed E-state index contributed by atoms with van der Waals surface area (Å²) in [4.78, 5) is 14.2. The smallest absolute Gasteiger partial charge is 0.248 e. The number of carbonyl (C=O) groups excluding carboxylic acids is 1. The summed E-state index contributed by atoms with van der Waals surface area (Å²) >= 11 is 6.22. The van der Waals surface area contributed by atoms with E-state index in [-0.39, 0.29) is 5.91 Å². The Kier molecular flexibility index (Phi) is 5.79. The highest BCUT2D eigenvalue weighted by Crippen LogP contribution is 2.27. The Morgan fingerprint density at radius 1 is 0.919 bits per heavy atom. The number of carbonyl (C=O) groups is 1. The van der Waals surface area contributed by atoms with Gasteiger partial charge in [-0.15, -0.1) is 15.0 Å². The first-order valence-electron chi connectivity index (χ1n) is 11.7. The monoisotopic (exact) mass is 504 g/mol. The number of amides is 1. The lowest BCUT2D eigenvalue weighted by molar-refractivity contribution is -0.111. The first kappa shape index (κ1) is 22.8. The summed E-state index contributed by atoms with van der Waals surface area (Å²) in [6.45, 7) is 1.95. The number of nitrogens with zero attached hydrogens (tertiary/aromatic N) is 3. The molecule has 0 bridgehead atoms. The Labute approximate surface area is 217 Å². The van der Waals surface area contributed by atoms with Crippen molar-refractivity contribution in [3.63, 3.8) is 0 Å². The van der Waals surface area contributed by atoms with Crippen LogP contribution in [0.1, 0.15) is 11.3 Å². The Morgan fingerprint density at radius 3 is 2.65 bits per heavy atom. The minimum Gasteiger partial charge on any atom is -0.457 e. The zero-order chi connectivity index (χ0) is 25.4. The van der Waals surface area contributed by atoms with Crippen LogP contribution in [0.5, 0.6) is 0 Å². The molecule has 1 N–H and O–H groups in total. The van der Waals surface area contributed by atoms with Crippen LogP contribution in [0, 0.1) is 6.92 Å². The van der Waals surface area contributed by atoms with Gasteiger partial charge in [0.05, 0.1) is 5.69 Å². The van der Waals surface area contributed by atoms with Gasteiger partial charge in [0.2, 0.25) is 5.91 Å². The fraction of sp³-hybridized carbons (Fsp3) is 0.0333. The van der Waals surface area contributed by atoms with Crippen LogP contribution in [0.3, 0.4) is 0 Å². The number of rotatable bonds is 5. The summed E-state index contributed by atoms with van der Waals surface area (Å²) in [6.07, 6.45) is 3.06. The number of benzene rings is 4. The van der Waals surface area contributed by atoms with E-state index in [1.165, 1.54) is 6.08 Å². The Balaban J connectivity index is 1.18. The summed E-state index contributed by atoms with van der Waals surface area (Å²) in [5.74, 6) is 0.967. The maximum Gasteiger partial charge on any atom is 0.248 e. The Bertz CT molecular complexity index is 1810. The molecule has 2 heterocycles. The molecule has 6 aromatic rings. The van der Waals surface area contributed by atoms with Crippen molar-refractivity contribution in [1.82, 2.24) is 15.0 Å². The van der Waals surface area contributed by atoms with E-state index in [0.29, 0.717) is 27.7 Å². The van der Waals surface area contributed by atoms with Gasteiger partial charge in [0, 0.05) is 27.7 Å². The lowest BCUT2D eigenvalue weighted by Crippen LogP contribution is -2.07. The van der Waals surface area contributed by atoms with Crippen molar-refractivity contribution in [3.05, 3.63) is 113 Å². The fourth-order valence-corrected chi connectivity index (χ4v) is 4.35. The number of nitrogens with one attached hydrogen (secondary N) is 1. The zero-order valence-electron chi connectivity index (χ0n) is 19.9. The van der Waals surface area contributed by atoms with Gasteiger partial charge in [-0.2, -0.15) is 0 Å². The first-order valence-corrected chi connectivity index (χ1v) is 12.1. The van der Waals surface area contributed by atoms with Gasteiger partial charge < -0.3 is 9.73 Å². The third kappa shape index (κ3) is 4.62. The predicted molar refractivity (Wildman–Crippen MR) is 148 cm³/mol. The standard InChI is InChI=1S/C30H21ClN4O2/c1-19-9-10-21(17-25(19)31)29-15-12-23(37-29)13-16-30(36)32-22-11-14-26-27(18-22)34-35(33-26)28-8-4-6-20-5-2-3-7-24(20)28/h2-18H,1H3,(H,32,36)/b16-13+. The molecular formula is C30H21ClN4O2. The van der Waals surface area contributed by atoms with Crippen LogP contribution < -0.4 is 5.32 Å². The van der Waals surface area contributed by atoms with E-state index in [0.717, 1.165) is 33.1 Å². The van der Waals surface area contributed by atoms with Crippen molar-refractivity contribution in [3.8, 4) is 17.0 Å². The van der Waals surface area contributed by atoms with Gasteiger partial charge in [0.15, 0.2) is 0 Å². The van der Waals surface area contributed by atoms with Gasteiger partial charge in [-0.05, 0) is 66.4 Å². The maximum atomic E-state index is 12.6. The predicted octanol–water partition coefficient (Wildman–Crippen LogP) is 7.45. The van der Waals surface area contributed by atoms with E-state index in [1.807, 2.05) is 79.7 Å². The van der Waals surface area contributed by atoms with Crippen LogP contribution in [0.4, 0.5) is 5.69 Å². The molecule has 0 saturated carbocycles. The molecule has 0 radical (unpaired) electrons. The van der Waals surface area contributed by atoms with Crippen molar-refractivity contribution in [1.29, 1.82) is 0 Å². The molecule has 37 heavy (non-hydrogen) atoms. The number of aromatic nitrogens is 3. The second-order valence-electron chi connectivity index (χ2n) is 8.68. The second-order valence-corrected chi connectivity index (χ2v) is 9.09. The first-order chi connectivity index (χ1) is 18.0. The van der Waals surface area contributed by atoms with Crippen LogP contribution in [-0.2, 0) is 4.79 Å². The van der Waals surface area contributed by atoms with Crippen LogP contribution in [0.25, 0.3) is 44.9 Å². The third-order valence-electron chi connectivity index (χ3n) is 6.11. The number of fused-ring (bicyclic) bond motifs is 2. The minimum absolute atomic E-state index is 0.280. The van der Waals surface area contributed by atoms with E-state index in [1.54, 1.807) is 10.9 Å². The quantitative estimate of drug-likeness (QED) is 0.247. The summed E-state index contributed by atoms with van der Waals surface area (Å²) in [7, 11) is 0. The molecule has 0 atom stereocenters. The van der Waals surface area contributed by atoms with E-state index < -0.39 is 0 Å². The number of halogens is 1. The van der Waals surface area contributed by atoms with Crippen molar-refractivity contribution >= 4 is 51.1 Å². The maximum absolute atomic E-state index is 12.6. The van der Waals surface area contributed by atoms with E-state index in [4.69, 9.17) is 16.0 Å². The van der Waals surface area contributed by atoms with Gasteiger partial charge in [-0.3, -0.25) is 4.79 Å². The van der Waals surface area contributed by atoms with Crippen LogP contribution in [0.15, 0.2) is 101 Å². The van der Waals surface area contributed by atoms with Crippen molar-refractivity contribution in [2.24, 2.45) is 0 Å². The molecule has 0 aliphatic carbocycles. The van der Waals surface area contributed by atoms with Crippen LogP contribution in [0.2, 0.25) is 5.02 Å². The van der Waals surface area contributed by atoms with Gasteiger partial charge >= 0.3 is 0 Å². The SMILES string of the molecule is Cc1ccc(-c2ccc(/C=C/C(=O)Nc3ccc4nn(-c5cccc6ccccc56)nc4c3)o2)cc1Cl. The Hall–Kier alpha value is -4.68. The van der Waals surface area contributed by atoms with Gasteiger partial charge in [-0.1, -0.05) is 60.1 Å². The highest BCUT2D eigenvalue weighted by Gasteiger charge is 2.10. The van der Waals surface area contributed by atoms with Crippen LogP contribution in [-0.4, -0.2) is 20.9 Å². The second kappa shape index (κ2) is 9.41. The van der Waals surface area contributed by atoms with E-state index in [9.17, 15) is 4.79 Å². The average molecular weight is 505 g/mol. The normalized spacial score (nSPS) is 11.5. The molecule has 0 aliphatic heterocycles.